The number of carbonyl (C=O) groups is 2. The number of nitrogen functional groups attached to an aromatic ring is 1. The molecule has 0 radical (unpaired) electrons. The number of nitrogens with zero attached hydrogens (tertiary/aromatic N) is 2. The van der Waals surface area contributed by atoms with Crippen LogP contribution in [0.2, 0.25) is 0 Å². The van der Waals surface area contributed by atoms with Gasteiger partial charge in [0.05, 0.1) is 0 Å². The van der Waals surface area contributed by atoms with Gasteiger partial charge in [-0.15, -0.1) is 0 Å². The van der Waals surface area contributed by atoms with Crippen LogP contribution in [0.4, 0.5) is 21.0 Å². The summed E-state index contributed by atoms with van der Waals surface area (Å²) >= 11 is 1.06. The second-order valence-corrected chi connectivity index (χ2v) is 7.31. The Balaban J connectivity index is 2.03. The van der Waals surface area contributed by atoms with Crippen LogP contribution in [0.15, 0.2) is 48.5 Å². The first-order valence-corrected chi connectivity index (χ1v) is 9.31. The lowest BCUT2D eigenvalue weighted by molar-refractivity contribution is -0.118. The zero-order valence-electron chi connectivity index (χ0n) is 15.3. The Morgan fingerprint density at radius 1 is 1.11 bits per heavy atom. The molecule has 1 atom stereocenters. The third-order valence-electron chi connectivity index (χ3n) is 4.27. The molecule has 0 spiro atoms. The molecule has 0 saturated heterocycles. The highest BCUT2D eigenvalue weighted by atomic mass is 32.1. The minimum absolute atomic E-state index is 0.0642. The van der Waals surface area contributed by atoms with Crippen molar-refractivity contribution in [1.29, 1.82) is 0 Å². The van der Waals surface area contributed by atoms with Gasteiger partial charge in [-0.05, 0) is 38.1 Å². The van der Waals surface area contributed by atoms with E-state index in [2.05, 4.69) is 4.98 Å². The Bertz CT molecular complexity index is 1020. The van der Waals surface area contributed by atoms with E-state index in [1.54, 1.807) is 19.1 Å². The zero-order valence-corrected chi connectivity index (χ0v) is 16.2. The van der Waals surface area contributed by atoms with Gasteiger partial charge < -0.3 is 16.4 Å². The largest absolute Gasteiger partial charge is 0.382 e. The highest BCUT2D eigenvalue weighted by Gasteiger charge is 2.27. The zero-order chi connectivity index (χ0) is 20.4. The molecule has 0 aliphatic carbocycles. The molecule has 0 aliphatic heterocycles. The molecule has 28 heavy (non-hydrogen) atoms. The van der Waals surface area contributed by atoms with Crippen molar-refractivity contribution in [3.05, 3.63) is 70.4 Å². The van der Waals surface area contributed by atoms with Crippen molar-refractivity contribution in [2.75, 3.05) is 10.6 Å². The van der Waals surface area contributed by atoms with Crippen LogP contribution in [-0.4, -0.2) is 22.7 Å². The van der Waals surface area contributed by atoms with Crippen LogP contribution in [0.1, 0.15) is 27.7 Å². The van der Waals surface area contributed by atoms with Crippen LogP contribution in [0, 0.1) is 12.7 Å². The van der Waals surface area contributed by atoms with Crippen molar-refractivity contribution in [1.82, 2.24) is 4.98 Å². The fraction of sp³-hybridized carbons (Fsp3) is 0.150. The molecule has 1 heterocycles. The average molecular weight is 398 g/mol. The molecule has 0 bridgehead atoms. The van der Waals surface area contributed by atoms with E-state index >= 15 is 0 Å². The second kappa shape index (κ2) is 7.77. The summed E-state index contributed by atoms with van der Waals surface area (Å²) < 4.78 is 13.3. The summed E-state index contributed by atoms with van der Waals surface area (Å²) in [5.41, 5.74) is 13.5. The van der Waals surface area contributed by atoms with E-state index in [0.717, 1.165) is 16.9 Å². The van der Waals surface area contributed by atoms with E-state index in [4.69, 9.17) is 11.5 Å². The van der Waals surface area contributed by atoms with Gasteiger partial charge >= 0.3 is 0 Å². The van der Waals surface area contributed by atoms with Crippen LogP contribution in [-0.2, 0) is 4.79 Å². The lowest BCUT2D eigenvalue weighted by atomic mass is 10.1. The van der Waals surface area contributed by atoms with Crippen LogP contribution < -0.4 is 16.4 Å². The number of aromatic nitrogens is 1. The van der Waals surface area contributed by atoms with Crippen molar-refractivity contribution >= 4 is 39.7 Å². The lowest BCUT2D eigenvalue weighted by Crippen LogP contribution is -2.39. The van der Waals surface area contributed by atoms with Gasteiger partial charge in [0.2, 0.25) is 11.7 Å². The van der Waals surface area contributed by atoms with Gasteiger partial charge in [0.25, 0.3) is 0 Å². The molecular formula is C20H19FN4O2S. The molecule has 8 heteroatoms. The molecule has 1 aromatic heterocycles. The number of thiazole rings is 1. The molecule has 4 N–H and O–H groups in total. The number of nitrogens with two attached hydrogens (primary N) is 2. The summed E-state index contributed by atoms with van der Waals surface area (Å²) in [6, 6.07) is 11.9. The third kappa shape index (κ3) is 3.86. The minimum Gasteiger partial charge on any atom is -0.382 e. The lowest BCUT2D eigenvalue weighted by Gasteiger charge is -2.26. The first kappa shape index (κ1) is 19.5. The monoisotopic (exact) mass is 398 g/mol. The summed E-state index contributed by atoms with van der Waals surface area (Å²) in [6.07, 6.45) is 0. The topological polar surface area (TPSA) is 102 Å². The van der Waals surface area contributed by atoms with Gasteiger partial charge in [-0.3, -0.25) is 9.59 Å². The van der Waals surface area contributed by atoms with Gasteiger partial charge in [0.15, 0.2) is 5.13 Å². The van der Waals surface area contributed by atoms with Crippen LogP contribution in [0.3, 0.4) is 0 Å². The summed E-state index contributed by atoms with van der Waals surface area (Å²) in [7, 11) is 0. The van der Waals surface area contributed by atoms with E-state index in [1.165, 1.54) is 29.2 Å². The smallest absolute Gasteiger partial charge is 0.240 e. The predicted molar refractivity (Wildman–Crippen MR) is 108 cm³/mol. The number of halogens is 1. The number of benzene rings is 2. The Morgan fingerprint density at radius 2 is 1.71 bits per heavy atom. The first-order valence-electron chi connectivity index (χ1n) is 8.49. The van der Waals surface area contributed by atoms with Crippen molar-refractivity contribution in [3.63, 3.8) is 0 Å². The Kier molecular flexibility index (Phi) is 5.41. The second-order valence-electron chi connectivity index (χ2n) is 6.33. The van der Waals surface area contributed by atoms with Crippen LogP contribution in [0.25, 0.3) is 0 Å². The summed E-state index contributed by atoms with van der Waals surface area (Å²) in [4.78, 5) is 30.7. The van der Waals surface area contributed by atoms with Gasteiger partial charge in [-0.1, -0.05) is 41.2 Å². The normalized spacial score (nSPS) is 11.8. The van der Waals surface area contributed by atoms with E-state index in [-0.39, 0.29) is 16.5 Å². The summed E-state index contributed by atoms with van der Waals surface area (Å²) in [5, 5.41) is 0.325. The highest BCUT2D eigenvalue weighted by molar-refractivity contribution is 7.18. The number of hydrogen-bond donors (Lipinski definition) is 2. The fourth-order valence-electron chi connectivity index (χ4n) is 2.65. The molecule has 1 amide bonds. The van der Waals surface area contributed by atoms with Gasteiger partial charge in [-0.25, -0.2) is 9.37 Å². The van der Waals surface area contributed by atoms with Crippen LogP contribution in [0.5, 0.6) is 0 Å². The fourth-order valence-corrected chi connectivity index (χ4v) is 3.70. The van der Waals surface area contributed by atoms with Crippen molar-refractivity contribution in [2.24, 2.45) is 5.73 Å². The molecule has 2 aromatic carbocycles. The molecule has 0 saturated carbocycles. The average Bonchev–Trinajstić information content (AvgIpc) is 3.04. The molecular weight excluding hydrogens is 379 g/mol. The van der Waals surface area contributed by atoms with Crippen LogP contribution >= 0.6 is 11.3 Å². The Labute approximate surface area is 165 Å². The summed E-state index contributed by atoms with van der Waals surface area (Å²) in [6.45, 7) is 3.53. The number of carbonyl (C=O) groups excluding carboxylic acids is 2. The predicted octanol–water partition coefficient (Wildman–Crippen LogP) is 3.42. The third-order valence-corrected chi connectivity index (χ3v) is 5.34. The number of rotatable bonds is 6. The van der Waals surface area contributed by atoms with Gasteiger partial charge in [-0.2, -0.15) is 0 Å². The SMILES string of the molecule is Cc1ccc(C(=O)c2sc(N(c3ccc(F)cc3)[C@H](C)C(N)=O)nc2N)cc1. The van der Waals surface area contributed by atoms with Crippen molar-refractivity contribution in [2.45, 2.75) is 19.9 Å². The van der Waals surface area contributed by atoms with E-state index in [9.17, 15) is 14.0 Å². The number of ketones is 1. The number of anilines is 3. The minimum atomic E-state index is -0.779. The van der Waals surface area contributed by atoms with E-state index < -0.39 is 17.8 Å². The number of amides is 1. The van der Waals surface area contributed by atoms with E-state index in [1.807, 2.05) is 19.1 Å². The Morgan fingerprint density at radius 3 is 2.29 bits per heavy atom. The number of hydrogen-bond acceptors (Lipinski definition) is 6. The maximum Gasteiger partial charge on any atom is 0.240 e. The molecule has 6 nitrogen and oxygen atoms in total. The molecule has 0 aliphatic rings. The highest BCUT2D eigenvalue weighted by Crippen LogP contribution is 2.35. The molecule has 0 fully saturated rings. The molecule has 144 valence electrons. The molecule has 3 aromatic rings. The quantitative estimate of drug-likeness (QED) is 0.620. The maximum absolute atomic E-state index is 13.3. The standard InChI is InChI=1S/C20H19FN4O2S/c1-11-3-5-13(6-4-11)16(26)17-18(22)24-20(28-17)25(12(2)19(23)27)15-9-7-14(21)8-10-15/h3-10,12H,22H2,1-2H3,(H2,23,27)/t12-/m1/s1. The summed E-state index contributed by atoms with van der Waals surface area (Å²) in [5.74, 6) is -1.20. The number of primary amides is 1. The Hall–Kier alpha value is -3.26. The first-order chi connectivity index (χ1) is 13.3. The van der Waals surface area contributed by atoms with E-state index in [0.29, 0.717) is 16.4 Å². The van der Waals surface area contributed by atoms with Crippen molar-refractivity contribution in [3.8, 4) is 0 Å². The van der Waals surface area contributed by atoms with Gasteiger partial charge in [0, 0.05) is 11.3 Å². The molecule has 3 rings (SSSR count). The molecule has 0 unspecified atom stereocenters. The van der Waals surface area contributed by atoms with Crippen molar-refractivity contribution < 1.29 is 14.0 Å². The van der Waals surface area contributed by atoms with Gasteiger partial charge in [0.1, 0.15) is 22.6 Å². The maximum atomic E-state index is 13.3. The number of aryl methyl sites for hydroxylation is 1.